The van der Waals surface area contributed by atoms with Crippen molar-refractivity contribution >= 4 is 15.9 Å². The van der Waals surface area contributed by atoms with Crippen molar-refractivity contribution in [1.82, 2.24) is 15.2 Å². The van der Waals surface area contributed by atoms with E-state index < -0.39 is 15.9 Å². The van der Waals surface area contributed by atoms with Crippen molar-refractivity contribution < 1.29 is 27.2 Å². The van der Waals surface area contributed by atoms with Gasteiger partial charge in [-0.2, -0.15) is 0 Å². The molecule has 1 heterocycles. The van der Waals surface area contributed by atoms with E-state index in [-0.39, 0.29) is 22.9 Å². The normalized spacial score (nSPS) is 11.3. The number of ether oxygens (including phenoxy) is 2. The highest BCUT2D eigenvalue weighted by Crippen LogP contribution is 2.24. The van der Waals surface area contributed by atoms with Gasteiger partial charge in [0.05, 0.1) is 20.8 Å². The van der Waals surface area contributed by atoms with Gasteiger partial charge in [0.1, 0.15) is 22.1 Å². The lowest BCUT2D eigenvalue weighted by Gasteiger charge is -2.11. The molecule has 27 heavy (non-hydrogen) atoms. The summed E-state index contributed by atoms with van der Waals surface area (Å²) in [5.41, 5.74) is 1.11. The topological polar surface area (TPSA) is 120 Å². The van der Waals surface area contributed by atoms with Crippen LogP contribution in [0.5, 0.6) is 11.5 Å². The van der Waals surface area contributed by atoms with Crippen molar-refractivity contribution in [3.63, 3.8) is 0 Å². The molecule has 0 aliphatic heterocycles. The van der Waals surface area contributed by atoms with Crippen molar-refractivity contribution in [2.75, 3.05) is 27.3 Å². The maximum Gasteiger partial charge on any atom is 0.246 e. The number of aromatic nitrogens is 1. The number of rotatable bonds is 9. The first-order valence-corrected chi connectivity index (χ1v) is 9.67. The molecule has 0 spiro atoms. The lowest BCUT2D eigenvalue weighted by molar-refractivity contribution is -0.119. The SMILES string of the molecule is COc1ccc(OC)c(CCNC(=O)CNS(=O)(=O)c2c(C)noc2C)c1. The van der Waals surface area contributed by atoms with Gasteiger partial charge in [0.25, 0.3) is 0 Å². The Hall–Kier alpha value is -2.59. The Bertz CT molecular complexity index is 888. The molecule has 1 aromatic carbocycles. The number of sulfonamides is 1. The first-order valence-electron chi connectivity index (χ1n) is 8.18. The van der Waals surface area contributed by atoms with Crippen LogP contribution in [0.4, 0.5) is 0 Å². The van der Waals surface area contributed by atoms with E-state index in [1.54, 1.807) is 26.4 Å². The van der Waals surface area contributed by atoms with Crippen molar-refractivity contribution in [2.45, 2.75) is 25.2 Å². The molecule has 0 radical (unpaired) electrons. The van der Waals surface area contributed by atoms with Crippen molar-refractivity contribution in [3.8, 4) is 11.5 Å². The first-order chi connectivity index (χ1) is 12.8. The molecule has 1 aromatic heterocycles. The summed E-state index contributed by atoms with van der Waals surface area (Å²) >= 11 is 0. The first kappa shape index (κ1) is 20.7. The van der Waals surface area contributed by atoms with Crippen LogP contribution in [0.25, 0.3) is 0 Å². The number of nitrogens with zero attached hydrogens (tertiary/aromatic N) is 1. The Labute approximate surface area is 158 Å². The average Bonchev–Trinajstić information content (AvgIpc) is 2.99. The fourth-order valence-corrected chi connectivity index (χ4v) is 3.87. The van der Waals surface area contributed by atoms with Crippen LogP contribution in [-0.2, 0) is 21.2 Å². The molecule has 9 nitrogen and oxygen atoms in total. The summed E-state index contributed by atoms with van der Waals surface area (Å²) in [6, 6.07) is 5.39. The van der Waals surface area contributed by atoms with Gasteiger partial charge in [-0.05, 0) is 44.0 Å². The molecule has 0 saturated carbocycles. The lowest BCUT2D eigenvalue weighted by atomic mass is 10.1. The van der Waals surface area contributed by atoms with Crippen LogP contribution in [-0.4, -0.2) is 46.8 Å². The fraction of sp³-hybridized carbons (Fsp3) is 0.412. The molecule has 0 unspecified atom stereocenters. The number of hydrogen-bond donors (Lipinski definition) is 2. The molecule has 2 rings (SSSR count). The van der Waals surface area contributed by atoms with Gasteiger partial charge in [0, 0.05) is 6.54 Å². The molecular formula is C17H23N3O6S. The van der Waals surface area contributed by atoms with Gasteiger partial charge >= 0.3 is 0 Å². The van der Waals surface area contributed by atoms with Gasteiger partial charge < -0.3 is 19.3 Å². The highest BCUT2D eigenvalue weighted by atomic mass is 32.2. The Morgan fingerprint density at radius 1 is 1.22 bits per heavy atom. The molecule has 0 bridgehead atoms. The van der Waals surface area contributed by atoms with Gasteiger partial charge in [-0.1, -0.05) is 5.16 Å². The second kappa shape index (κ2) is 8.87. The summed E-state index contributed by atoms with van der Waals surface area (Å²) in [4.78, 5) is 11.9. The summed E-state index contributed by atoms with van der Waals surface area (Å²) in [5.74, 6) is 1.09. The van der Waals surface area contributed by atoms with Gasteiger partial charge in [0.2, 0.25) is 15.9 Å². The van der Waals surface area contributed by atoms with E-state index in [4.69, 9.17) is 14.0 Å². The number of carbonyl (C=O) groups excluding carboxylic acids is 1. The van der Waals surface area contributed by atoms with E-state index >= 15 is 0 Å². The molecule has 0 aliphatic carbocycles. The fourth-order valence-electron chi connectivity index (χ4n) is 2.57. The zero-order valence-corrected chi connectivity index (χ0v) is 16.5. The minimum atomic E-state index is -3.87. The summed E-state index contributed by atoms with van der Waals surface area (Å²) in [5, 5.41) is 6.27. The third kappa shape index (κ3) is 5.20. The molecular weight excluding hydrogens is 374 g/mol. The molecule has 0 saturated heterocycles. The van der Waals surface area contributed by atoms with Crippen LogP contribution in [0.3, 0.4) is 0 Å². The number of aryl methyl sites for hydroxylation is 2. The minimum absolute atomic E-state index is 0.0450. The molecule has 10 heteroatoms. The molecule has 2 aromatic rings. The molecule has 0 atom stereocenters. The number of methoxy groups -OCH3 is 2. The Morgan fingerprint density at radius 3 is 2.56 bits per heavy atom. The van der Waals surface area contributed by atoms with E-state index in [1.165, 1.54) is 13.8 Å². The number of carbonyl (C=O) groups is 1. The van der Waals surface area contributed by atoms with Crippen LogP contribution in [0.2, 0.25) is 0 Å². The zero-order chi connectivity index (χ0) is 20.0. The molecule has 0 aliphatic rings. The number of amides is 1. The Balaban J connectivity index is 1.89. The van der Waals surface area contributed by atoms with E-state index in [1.807, 2.05) is 6.07 Å². The van der Waals surface area contributed by atoms with Crippen molar-refractivity contribution in [3.05, 3.63) is 35.2 Å². The maximum atomic E-state index is 12.3. The molecule has 1 amide bonds. The smallest absolute Gasteiger partial charge is 0.246 e. The zero-order valence-electron chi connectivity index (χ0n) is 15.7. The Morgan fingerprint density at radius 2 is 1.96 bits per heavy atom. The van der Waals surface area contributed by atoms with E-state index in [0.717, 1.165) is 5.56 Å². The van der Waals surface area contributed by atoms with Gasteiger partial charge in [-0.15, -0.1) is 0 Å². The monoisotopic (exact) mass is 397 g/mol. The van der Waals surface area contributed by atoms with Crippen LogP contribution in [0, 0.1) is 13.8 Å². The summed E-state index contributed by atoms with van der Waals surface area (Å²) < 4.78 is 42.1. The predicted octanol–water partition coefficient (Wildman–Crippen LogP) is 0.946. The van der Waals surface area contributed by atoms with Gasteiger partial charge in [-0.25, -0.2) is 13.1 Å². The second-order valence-corrected chi connectivity index (χ2v) is 7.46. The highest BCUT2D eigenvalue weighted by Gasteiger charge is 2.24. The molecule has 0 fully saturated rings. The predicted molar refractivity (Wildman–Crippen MR) is 97.4 cm³/mol. The number of benzene rings is 1. The number of hydrogen-bond acceptors (Lipinski definition) is 7. The van der Waals surface area contributed by atoms with Crippen LogP contribution in [0.15, 0.2) is 27.6 Å². The second-order valence-electron chi connectivity index (χ2n) is 5.76. The maximum absolute atomic E-state index is 12.3. The standard InChI is InChI=1S/C17H23N3O6S/c1-11-17(12(2)26-20-11)27(22,23)19-10-16(21)18-8-7-13-9-14(24-3)5-6-15(13)25-4/h5-6,9,19H,7-8,10H2,1-4H3,(H,18,21). The largest absolute Gasteiger partial charge is 0.497 e. The Kier molecular flexibility index (Phi) is 6.81. The molecule has 148 valence electrons. The third-order valence-corrected chi connectivity index (χ3v) is 5.51. The van der Waals surface area contributed by atoms with E-state index in [9.17, 15) is 13.2 Å². The number of nitrogens with one attached hydrogen (secondary N) is 2. The van der Waals surface area contributed by atoms with Crippen LogP contribution >= 0.6 is 0 Å². The van der Waals surface area contributed by atoms with Gasteiger partial charge in [0.15, 0.2) is 5.76 Å². The average molecular weight is 397 g/mol. The van der Waals surface area contributed by atoms with Crippen molar-refractivity contribution in [1.29, 1.82) is 0 Å². The third-order valence-electron chi connectivity index (χ3n) is 3.86. The summed E-state index contributed by atoms with van der Waals surface area (Å²) in [6.45, 7) is 2.94. The van der Waals surface area contributed by atoms with Crippen LogP contribution in [0.1, 0.15) is 17.0 Å². The summed E-state index contributed by atoms with van der Waals surface area (Å²) in [6.07, 6.45) is 0.503. The van der Waals surface area contributed by atoms with Crippen molar-refractivity contribution in [2.24, 2.45) is 0 Å². The van der Waals surface area contributed by atoms with Gasteiger partial charge in [-0.3, -0.25) is 4.79 Å². The lowest BCUT2D eigenvalue weighted by Crippen LogP contribution is -2.38. The van der Waals surface area contributed by atoms with E-state index in [2.05, 4.69) is 15.2 Å². The highest BCUT2D eigenvalue weighted by molar-refractivity contribution is 7.89. The van der Waals surface area contributed by atoms with Crippen LogP contribution < -0.4 is 19.5 Å². The summed E-state index contributed by atoms with van der Waals surface area (Å²) in [7, 11) is -0.743. The van der Waals surface area contributed by atoms with E-state index in [0.29, 0.717) is 24.5 Å². The minimum Gasteiger partial charge on any atom is -0.497 e. The quantitative estimate of drug-likeness (QED) is 0.646. The molecule has 2 N–H and O–H groups in total.